The minimum atomic E-state index is -0.435. The van der Waals surface area contributed by atoms with Gasteiger partial charge in [-0.25, -0.2) is 9.37 Å². The van der Waals surface area contributed by atoms with Crippen LogP contribution in [0.25, 0.3) is 0 Å². The molecule has 0 bridgehead atoms. The first kappa shape index (κ1) is 22.7. The van der Waals surface area contributed by atoms with Crippen molar-refractivity contribution in [2.24, 2.45) is 11.1 Å². The Labute approximate surface area is 174 Å². The predicted molar refractivity (Wildman–Crippen MR) is 109 cm³/mol. The van der Waals surface area contributed by atoms with Crippen molar-refractivity contribution in [1.82, 2.24) is 15.4 Å². The molecule has 0 spiro atoms. The Balaban J connectivity index is 2.18. The van der Waals surface area contributed by atoms with E-state index in [1.54, 1.807) is 11.1 Å². The second-order valence-corrected chi connectivity index (χ2v) is 7.72. The number of nitriles is 1. The molecule has 0 fully saturated rings. The highest BCUT2D eigenvalue weighted by atomic mass is 19.1. The molecular weight excluding hydrogens is 387 g/mol. The van der Waals surface area contributed by atoms with Crippen molar-refractivity contribution in [1.29, 1.82) is 5.26 Å². The number of anilines is 1. The van der Waals surface area contributed by atoms with E-state index in [-0.39, 0.29) is 22.7 Å². The van der Waals surface area contributed by atoms with Gasteiger partial charge in [-0.1, -0.05) is 20.3 Å². The Bertz CT molecular complexity index is 924. The van der Waals surface area contributed by atoms with Crippen LogP contribution < -0.4 is 16.2 Å². The Morgan fingerprint density at radius 2 is 1.93 bits per heavy atom. The van der Waals surface area contributed by atoms with E-state index in [4.69, 9.17) is 11.0 Å². The smallest absolute Gasteiger partial charge is 0.269 e. The summed E-state index contributed by atoms with van der Waals surface area (Å²) < 4.78 is 13.2. The number of nitrogens with two attached hydrogens (primary N) is 1. The summed E-state index contributed by atoms with van der Waals surface area (Å²) in [6, 6.07) is 8.67. The van der Waals surface area contributed by atoms with Crippen molar-refractivity contribution in [2.75, 3.05) is 11.6 Å². The first-order valence-electron chi connectivity index (χ1n) is 9.56. The van der Waals surface area contributed by atoms with E-state index in [1.807, 2.05) is 19.9 Å². The summed E-state index contributed by atoms with van der Waals surface area (Å²) in [4.78, 5) is 31.6. The summed E-state index contributed by atoms with van der Waals surface area (Å²) in [5.41, 5.74) is 8.00. The van der Waals surface area contributed by atoms with E-state index in [9.17, 15) is 14.0 Å². The van der Waals surface area contributed by atoms with E-state index in [0.717, 1.165) is 12.8 Å². The molecule has 1 heterocycles. The topological polar surface area (TPSA) is 125 Å². The van der Waals surface area contributed by atoms with E-state index < -0.39 is 11.7 Å². The molecule has 1 aromatic heterocycles. The first-order chi connectivity index (χ1) is 14.2. The van der Waals surface area contributed by atoms with Crippen LogP contribution in [0.5, 0.6) is 0 Å². The van der Waals surface area contributed by atoms with Crippen LogP contribution in [0.3, 0.4) is 0 Å². The highest BCUT2D eigenvalue weighted by Crippen LogP contribution is 2.26. The Morgan fingerprint density at radius 1 is 1.23 bits per heavy atom. The molecule has 0 unspecified atom stereocenters. The number of rotatable bonds is 10. The second-order valence-electron chi connectivity index (χ2n) is 7.72. The van der Waals surface area contributed by atoms with Crippen molar-refractivity contribution in [2.45, 2.75) is 39.5 Å². The normalized spacial score (nSPS) is 10.9. The molecule has 0 radical (unpaired) electrons. The van der Waals surface area contributed by atoms with Gasteiger partial charge in [-0.05, 0) is 42.5 Å². The molecule has 0 aliphatic rings. The fourth-order valence-corrected chi connectivity index (χ4v) is 2.93. The van der Waals surface area contributed by atoms with Crippen molar-refractivity contribution >= 4 is 17.6 Å². The molecule has 0 aliphatic heterocycles. The highest BCUT2D eigenvalue weighted by Gasteiger charge is 2.25. The van der Waals surface area contributed by atoms with Gasteiger partial charge >= 0.3 is 0 Å². The van der Waals surface area contributed by atoms with Gasteiger partial charge in [-0.2, -0.15) is 10.2 Å². The molecule has 158 valence electrons. The van der Waals surface area contributed by atoms with Gasteiger partial charge in [0.05, 0.1) is 0 Å². The van der Waals surface area contributed by atoms with Crippen molar-refractivity contribution in [3.05, 3.63) is 53.7 Å². The summed E-state index contributed by atoms with van der Waals surface area (Å²) in [5.74, 6) is -0.854. The molecule has 8 nitrogen and oxygen atoms in total. The van der Waals surface area contributed by atoms with Crippen LogP contribution in [0.15, 0.2) is 36.5 Å². The molecule has 1 aromatic carbocycles. The van der Waals surface area contributed by atoms with E-state index >= 15 is 0 Å². The van der Waals surface area contributed by atoms with Crippen LogP contribution in [0.4, 0.5) is 10.2 Å². The number of amides is 2. The molecule has 30 heavy (non-hydrogen) atoms. The van der Waals surface area contributed by atoms with Gasteiger partial charge in [0.15, 0.2) is 5.82 Å². The maximum absolute atomic E-state index is 13.2. The van der Waals surface area contributed by atoms with E-state index in [1.165, 1.54) is 30.5 Å². The number of hydrazine groups is 1. The van der Waals surface area contributed by atoms with E-state index in [2.05, 4.69) is 15.4 Å². The van der Waals surface area contributed by atoms with Crippen LogP contribution in [-0.2, 0) is 4.79 Å². The fraction of sp³-hybridized carbons (Fsp3) is 0.381. The average molecular weight is 412 g/mol. The SMILES string of the molecule is CC(C)(CCCCC(N)=O)CN(NC(=O)c1ccc(F)cc1)c1ccnc(C#N)n1. The van der Waals surface area contributed by atoms with Crippen LogP contribution in [0, 0.1) is 22.6 Å². The summed E-state index contributed by atoms with van der Waals surface area (Å²) in [6.07, 6.45) is 4.03. The Morgan fingerprint density at radius 3 is 2.57 bits per heavy atom. The number of carbonyl (C=O) groups is 2. The highest BCUT2D eigenvalue weighted by molar-refractivity contribution is 5.95. The van der Waals surface area contributed by atoms with Crippen LogP contribution in [0.2, 0.25) is 0 Å². The number of halogens is 1. The number of benzene rings is 1. The number of nitrogens with zero attached hydrogens (tertiary/aromatic N) is 4. The number of unbranched alkanes of at least 4 members (excludes halogenated alkanes) is 1. The number of hydrogen-bond acceptors (Lipinski definition) is 6. The molecule has 0 aliphatic carbocycles. The molecule has 3 N–H and O–H groups in total. The lowest BCUT2D eigenvalue weighted by Gasteiger charge is -2.33. The minimum absolute atomic E-state index is 0.0206. The molecule has 9 heteroatoms. The average Bonchev–Trinajstić information content (AvgIpc) is 2.71. The van der Waals surface area contributed by atoms with Gasteiger partial charge in [-0.15, -0.1) is 0 Å². The fourth-order valence-electron chi connectivity index (χ4n) is 2.93. The lowest BCUT2D eigenvalue weighted by Crippen LogP contribution is -2.47. The quantitative estimate of drug-likeness (QED) is 0.457. The van der Waals surface area contributed by atoms with Gasteiger partial charge in [0.2, 0.25) is 11.7 Å². The van der Waals surface area contributed by atoms with Gasteiger partial charge in [0, 0.05) is 30.8 Å². The predicted octanol–water partition coefficient (Wildman–Crippen LogP) is 2.71. The monoisotopic (exact) mass is 412 g/mol. The summed E-state index contributed by atoms with van der Waals surface area (Å²) in [7, 11) is 0. The number of primary amides is 1. The van der Waals surface area contributed by atoms with Crippen LogP contribution >= 0.6 is 0 Å². The number of hydrogen-bond donors (Lipinski definition) is 2. The molecule has 2 aromatic rings. The minimum Gasteiger partial charge on any atom is -0.370 e. The second kappa shape index (κ2) is 10.3. The van der Waals surface area contributed by atoms with Crippen molar-refractivity contribution in [3.63, 3.8) is 0 Å². The molecule has 0 atom stereocenters. The van der Waals surface area contributed by atoms with Gasteiger partial charge in [0.1, 0.15) is 11.9 Å². The van der Waals surface area contributed by atoms with Crippen molar-refractivity contribution < 1.29 is 14.0 Å². The molecule has 0 saturated carbocycles. The van der Waals surface area contributed by atoms with Gasteiger partial charge in [-0.3, -0.25) is 20.0 Å². The zero-order valence-electron chi connectivity index (χ0n) is 17.1. The van der Waals surface area contributed by atoms with Gasteiger partial charge < -0.3 is 5.73 Å². The maximum Gasteiger partial charge on any atom is 0.269 e. The lowest BCUT2D eigenvalue weighted by molar-refractivity contribution is -0.118. The third-order valence-corrected chi connectivity index (χ3v) is 4.47. The summed E-state index contributed by atoms with van der Waals surface area (Å²) >= 11 is 0. The number of carbonyl (C=O) groups excluding carboxylic acids is 2. The molecular formula is C21H25FN6O2. The van der Waals surface area contributed by atoms with Crippen LogP contribution in [-0.4, -0.2) is 28.3 Å². The van der Waals surface area contributed by atoms with Crippen LogP contribution in [0.1, 0.15) is 55.7 Å². The molecule has 2 amide bonds. The largest absolute Gasteiger partial charge is 0.370 e. The maximum atomic E-state index is 13.2. The first-order valence-corrected chi connectivity index (χ1v) is 9.56. The number of nitrogens with one attached hydrogen (secondary N) is 1. The zero-order chi connectivity index (χ0) is 22.1. The van der Waals surface area contributed by atoms with E-state index in [0.29, 0.717) is 25.2 Å². The summed E-state index contributed by atoms with van der Waals surface area (Å²) in [6.45, 7) is 4.44. The molecule has 0 saturated heterocycles. The molecule has 2 rings (SSSR count). The Hall–Kier alpha value is -3.54. The zero-order valence-corrected chi connectivity index (χ0v) is 17.1. The summed E-state index contributed by atoms with van der Waals surface area (Å²) in [5, 5.41) is 10.7. The lowest BCUT2D eigenvalue weighted by atomic mass is 9.86. The Kier molecular flexibility index (Phi) is 7.81. The number of aromatic nitrogens is 2. The van der Waals surface area contributed by atoms with Crippen molar-refractivity contribution in [3.8, 4) is 6.07 Å². The third kappa shape index (κ3) is 7.13. The van der Waals surface area contributed by atoms with Gasteiger partial charge in [0.25, 0.3) is 5.91 Å². The third-order valence-electron chi connectivity index (χ3n) is 4.47. The standard InChI is InChI=1S/C21H25FN6O2/c1-21(2,11-4-3-5-17(24)29)14-28(19-10-12-25-18(13-23)26-19)27-20(30)15-6-8-16(22)9-7-15/h6-10,12H,3-5,11,14H2,1-2H3,(H2,24,29)(H,27,30).